The third-order valence-electron chi connectivity index (χ3n) is 4.19. The monoisotopic (exact) mass is 365 g/mol. The summed E-state index contributed by atoms with van der Waals surface area (Å²) in [7, 11) is 0. The molecule has 1 aromatic carbocycles. The average molecular weight is 365 g/mol. The zero-order chi connectivity index (χ0) is 19.0. The summed E-state index contributed by atoms with van der Waals surface area (Å²) in [6, 6.07) is 7.43. The van der Waals surface area contributed by atoms with Gasteiger partial charge in [0.25, 0.3) is 5.91 Å². The van der Waals surface area contributed by atoms with E-state index in [9.17, 15) is 4.79 Å². The number of carbonyl (C=O) groups excluding carboxylic acids is 1. The zero-order valence-electron chi connectivity index (χ0n) is 14.8. The Morgan fingerprint density at radius 2 is 2.11 bits per heavy atom. The van der Waals surface area contributed by atoms with Gasteiger partial charge < -0.3 is 20.0 Å². The van der Waals surface area contributed by atoms with Crippen LogP contribution in [0, 0.1) is 0 Å². The van der Waals surface area contributed by atoms with Crippen molar-refractivity contribution in [2.24, 2.45) is 0 Å². The predicted molar refractivity (Wildman–Crippen MR) is 104 cm³/mol. The topological polar surface area (TPSA) is 115 Å². The van der Waals surface area contributed by atoms with Gasteiger partial charge in [-0.05, 0) is 38.1 Å². The molecule has 8 nitrogen and oxygen atoms in total. The second-order valence-electron chi connectivity index (χ2n) is 6.51. The molecule has 0 spiro atoms. The molecule has 0 unspecified atom stereocenters. The molecule has 0 radical (unpaired) electrons. The number of rotatable bonds is 5. The van der Waals surface area contributed by atoms with Crippen LogP contribution in [0.15, 0.2) is 47.3 Å². The van der Waals surface area contributed by atoms with E-state index in [4.69, 9.17) is 9.62 Å². The number of nitrogens with zero attached hydrogens (tertiary/aromatic N) is 1. The van der Waals surface area contributed by atoms with Gasteiger partial charge in [0.2, 0.25) is 5.76 Å². The van der Waals surface area contributed by atoms with Crippen molar-refractivity contribution in [1.82, 2.24) is 15.3 Å². The van der Waals surface area contributed by atoms with Crippen LogP contribution >= 0.6 is 0 Å². The molecule has 1 amide bonds. The number of aromatic amines is 1. The van der Waals surface area contributed by atoms with Crippen LogP contribution in [0.1, 0.15) is 24.4 Å². The number of nitrogens with one attached hydrogen (secondary N) is 4. The minimum atomic E-state index is -0.293. The second-order valence-corrected chi connectivity index (χ2v) is 6.51. The molecule has 0 aliphatic heterocycles. The minimum absolute atomic E-state index is 0.0164. The van der Waals surface area contributed by atoms with E-state index in [1.54, 1.807) is 24.7 Å². The lowest BCUT2D eigenvalue weighted by molar-refractivity contribution is 0.0918. The molecule has 0 fully saturated rings. The smallest absolute Gasteiger partial charge is 0.289 e. The normalized spacial score (nSPS) is 11.3. The summed E-state index contributed by atoms with van der Waals surface area (Å²) in [4.78, 5) is 19.6. The molecule has 138 valence electrons. The van der Waals surface area contributed by atoms with Gasteiger partial charge in [0.05, 0.1) is 11.9 Å². The van der Waals surface area contributed by atoms with Gasteiger partial charge >= 0.3 is 0 Å². The highest BCUT2D eigenvalue weighted by atomic mass is 16.5. The van der Waals surface area contributed by atoms with Crippen LogP contribution < -0.4 is 16.1 Å². The molecule has 4 rings (SSSR count). The average Bonchev–Trinajstić information content (AvgIpc) is 3.22. The maximum absolute atomic E-state index is 12.6. The van der Waals surface area contributed by atoms with Gasteiger partial charge in [-0.25, -0.2) is 0 Å². The molecule has 4 aromatic rings. The lowest BCUT2D eigenvalue weighted by atomic mass is 10.1. The summed E-state index contributed by atoms with van der Waals surface area (Å²) in [6.45, 7) is 3.78. The van der Waals surface area contributed by atoms with Gasteiger partial charge in [-0.1, -0.05) is 0 Å². The number of amides is 1. The Bertz CT molecular complexity index is 1130. The lowest BCUT2D eigenvalue weighted by Gasteiger charge is -2.10. The van der Waals surface area contributed by atoms with Gasteiger partial charge in [-0.3, -0.25) is 20.5 Å². The minimum Gasteiger partial charge on any atom is -0.447 e. The Labute approximate surface area is 154 Å². The molecular formula is C19H19N5O3. The molecule has 8 heteroatoms. The lowest BCUT2D eigenvalue weighted by Crippen LogP contribution is -2.30. The van der Waals surface area contributed by atoms with E-state index in [1.165, 1.54) is 0 Å². The maximum atomic E-state index is 12.6. The number of carbonyl (C=O) groups is 1. The van der Waals surface area contributed by atoms with Gasteiger partial charge in [0.15, 0.2) is 5.58 Å². The van der Waals surface area contributed by atoms with Gasteiger partial charge in [0, 0.05) is 40.3 Å². The molecule has 0 aliphatic carbocycles. The van der Waals surface area contributed by atoms with E-state index < -0.39 is 0 Å². The van der Waals surface area contributed by atoms with Crippen LogP contribution in [0.3, 0.4) is 0 Å². The van der Waals surface area contributed by atoms with Crippen molar-refractivity contribution in [3.8, 4) is 0 Å². The number of hydrogen-bond donors (Lipinski definition) is 5. The number of furan rings is 1. The fraction of sp³-hybridized carbons (Fsp3) is 0.158. The fourth-order valence-electron chi connectivity index (χ4n) is 3.01. The molecule has 3 heterocycles. The highest BCUT2D eigenvalue weighted by molar-refractivity contribution is 6.07. The first-order valence-electron chi connectivity index (χ1n) is 8.52. The van der Waals surface area contributed by atoms with Crippen molar-refractivity contribution in [1.29, 1.82) is 0 Å². The van der Waals surface area contributed by atoms with Crippen molar-refractivity contribution in [2.75, 3.05) is 10.8 Å². The Morgan fingerprint density at radius 1 is 1.26 bits per heavy atom. The Kier molecular flexibility index (Phi) is 4.17. The quantitative estimate of drug-likeness (QED) is 0.342. The molecule has 5 N–H and O–H groups in total. The van der Waals surface area contributed by atoms with Gasteiger partial charge in [-0.2, -0.15) is 0 Å². The van der Waals surface area contributed by atoms with Gasteiger partial charge in [-0.15, -0.1) is 0 Å². The standard InChI is InChI=1S/C19H19N5O3/c1-10(2)22-19(25)17-16(14-5-6-20-9-15(14)27-17)23-12-3-4-13-11(7-12)8-21-18(13)24-26/h3-10,21,23-24,26H,1-2H3,(H,22,25). The zero-order valence-corrected chi connectivity index (χ0v) is 14.8. The number of pyridine rings is 1. The molecule has 0 saturated carbocycles. The number of fused-ring (bicyclic) bond motifs is 2. The number of anilines is 3. The van der Waals surface area contributed by atoms with Crippen LogP contribution in [0.25, 0.3) is 21.7 Å². The second kappa shape index (κ2) is 6.65. The Balaban J connectivity index is 1.77. The van der Waals surface area contributed by atoms with Crippen LogP contribution in [0.5, 0.6) is 0 Å². The predicted octanol–water partition coefficient (Wildman–Crippen LogP) is 3.99. The summed E-state index contributed by atoms with van der Waals surface area (Å²) < 4.78 is 5.76. The van der Waals surface area contributed by atoms with E-state index in [2.05, 4.69) is 26.1 Å². The molecule has 0 aliphatic rings. The Morgan fingerprint density at radius 3 is 2.89 bits per heavy atom. The van der Waals surface area contributed by atoms with Crippen LogP contribution in [0.4, 0.5) is 17.2 Å². The molecular weight excluding hydrogens is 346 g/mol. The third kappa shape index (κ3) is 3.06. The van der Waals surface area contributed by atoms with Crippen LogP contribution in [0.2, 0.25) is 0 Å². The summed E-state index contributed by atoms with van der Waals surface area (Å²) in [5.41, 5.74) is 4.03. The molecule has 3 aromatic heterocycles. The number of hydrogen-bond acceptors (Lipinski definition) is 6. The van der Waals surface area contributed by atoms with Crippen molar-refractivity contribution in [3.05, 3.63) is 48.6 Å². The van der Waals surface area contributed by atoms with Crippen LogP contribution in [-0.2, 0) is 0 Å². The first-order chi connectivity index (χ1) is 13.1. The van der Waals surface area contributed by atoms with Crippen molar-refractivity contribution in [3.63, 3.8) is 0 Å². The van der Waals surface area contributed by atoms with E-state index in [1.807, 2.05) is 32.0 Å². The first kappa shape index (κ1) is 16.9. The summed E-state index contributed by atoms with van der Waals surface area (Å²) >= 11 is 0. The van der Waals surface area contributed by atoms with Crippen LogP contribution in [-0.4, -0.2) is 27.1 Å². The molecule has 0 saturated heterocycles. The third-order valence-corrected chi connectivity index (χ3v) is 4.19. The highest BCUT2D eigenvalue weighted by Crippen LogP contribution is 2.34. The maximum Gasteiger partial charge on any atom is 0.289 e. The van der Waals surface area contributed by atoms with Crippen molar-refractivity contribution < 1.29 is 14.4 Å². The largest absolute Gasteiger partial charge is 0.447 e. The molecule has 0 atom stereocenters. The number of H-pyrrole nitrogens is 1. The van der Waals surface area contributed by atoms with E-state index in [-0.39, 0.29) is 17.7 Å². The van der Waals surface area contributed by atoms with Crippen molar-refractivity contribution >= 4 is 44.8 Å². The molecule has 27 heavy (non-hydrogen) atoms. The summed E-state index contributed by atoms with van der Waals surface area (Å²) in [6.07, 6.45) is 5.02. The van der Waals surface area contributed by atoms with E-state index in [0.29, 0.717) is 17.1 Å². The number of benzene rings is 1. The SMILES string of the molecule is CC(C)NC(=O)c1oc2cnccc2c1Nc1ccc2c(NO)[nH]cc2c1. The van der Waals surface area contributed by atoms with Gasteiger partial charge in [0.1, 0.15) is 5.82 Å². The highest BCUT2D eigenvalue weighted by Gasteiger charge is 2.21. The number of aromatic nitrogens is 2. The summed E-state index contributed by atoms with van der Waals surface area (Å²) in [5.74, 6) is 0.435. The summed E-state index contributed by atoms with van der Waals surface area (Å²) in [5, 5.41) is 17.8. The van der Waals surface area contributed by atoms with E-state index >= 15 is 0 Å². The van der Waals surface area contributed by atoms with E-state index in [0.717, 1.165) is 21.8 Å². The Hall–Kier alpha value is -3.52. The van der Waals surface area contributed by atoms with Crippen molar-refractivity contribution in [2.45, 2.75) is 19.9 Å². The molecule has 0 bridgehead atoms. The first-order valence-corrected chi connectivity index (χ1v) is 8.52. The fourth-order valence-corrected chi connectivity index (χ4v) is 3.01.